The van der Waals surface area contributed by atoms with E-state index < -0.39 is 0 Å². The van der Waals surface area contributed by atoms with Gasteiger partial charge in [-0.3, -0.25) is 4.79 Å². The average molecular weight is 374 g/mol. The minimum Gasteiger partial charge on any atom is -0.377 e. The van der Waals surface area contributed by atoms with Gasteiger partial charge in [-0.2, -0.15) is 10.1 Å². The second kappa shape index (κ2) is 6.89. The zero-order valence-corrected chi connectivity index (χ0v) is 14.8. The highest BCUT2D eigenvalue weighted by Gasteiger charge is 2.33. The first-order chi connectivity index (χ1) is 12.6. The number of carbonyl (C=O) groups excluding carboxylic acids is 1. The molecule has 26 heavy (non-hydrogen) atoms. The third-order valence-electron chi connectivity index (χ3n) is 4.29. The number of carbonyl (C=O) groups is 1. The maximum atomic E-state index is 13.1. The molecule has 1 aromatic carbocycles. The van der Waals surface area contributed by atoms with Crippen LogP contribution in [0.15, 0.2) is 41.4 Å². The first kappa shape index (κ1) is 16.7. The summed E-state index contributed by atoms with van der Waals surface area (Å²) in [5.41, 5.74) is 1.99. The Balaban J connectivity index is 1.64. The van der Waals surface area contributed by atoms with E-state index in [1.165, 1.54) is 6.39 Å². The van der Waals surface area contributed by atoms with E-state index >= 15 is 0 Å². The lowest BCUT2D eigenvalue weighted by Gasteiger charge is -2.33. The van der Waals surface area contributed by atoms with Gasteiger partial charge in [0.15, 0.2) is 5.82 Å². The molecule has 2 aromatic heterocycles. The summed E-state index contributed by atoms with van der Waals surface area (Å²) in [5, 5.41) is 8.96. The molecule has 0 N–H and O–H groups in total. The standard InChI is InChI=1S/C17H16ClN5O3/c1-11-14(8-23(20-11)13-4-2-12(18)3-5-13)17(24)22-6-7-25-9-15(22)16-19-10-26-21-16/h2-5,8,10,15H,6-7,9H2,1H3/t15-/m0/s1. The van der Waals surface area contributed by atoms with E-state index in [4.69, 9.17) is 20.9 Å². The van der Waals surface area contributed by atoms with Gasteiger partial charge >= 0.3 is 0 Å². The quantitative estimate of drug-likeness (QED) is 0.700. The van der Waals surface area contributed by atoms with Gasteiger partial charge in [-0.1, -0.05) is 16.8 Å². The maximum absolute atomic E-state index is 13.1. The first-order valence-electron chi connectivity index (χ1n) is 8.10. The fourth-order valence-electron chi connectivity index (χ4n) is 2.94. The molecule has 1 aliphatic rings. The number of ether oxygens (including phenoxy) is 1. The van der Waals surface area contributed by atoms with Gasteiger partial charge in [0.1, 0.15) is 6.04 Å². The number of nitrogens with zero attached hydrogens (tertiary/aromatic N) is 5. The van der Waals surface area contributed by atoms with Crippen LogP contribution in [0.5, 0.6) is 0 Å². The third-order valence-corrected chi connectivity index (χ3v) is 4.54. The number of aromatic nitrogens is 4. The molecule has 1 aliphatic heterocycles. The largest absolute Gasteiger partial charge is 0.377 e. The number of benzene rings is 1. The van der Waals surface area contributed by atoms with Crippen LogP contribution in [0.1, 0.15) is 27.9 Å². The maximum Gasteiger partial charge on any atom is 0.258 e. The lowest BCUT2D eigenvalue weighted by Crippen LogP contribution is -2.44. The molecule has 1 atom stereocenters. The van der Waals surface area contributed by atoms with Crippen molar-refractivity contribution in [1.82, 2.24) is 24.8 Å². The summed E-state index contributed by atoms with van der Waals surface area (Å²) in [5.74, 6) is 0.293. The molecule has 1 saturated heterocycles. The smallest absolute Gasteiger partial charge is 0.258 e. The number of hydrogen-bond donors (Lipinski definition) is 0. The second-order valence-corrected chi connectivity index (χ2v) is 6.36. The Bertz CT molecular complexity index is 907. The Morgan fingerprint density at radius 3 is 2.85 bits per heavy atom. The Kier molecular flexibility index (Phi) is 4.44. The third kappa shape index (κ3) is 3.09. The van der Waals surface area contributed by atoms with E-state index in [0.29, 0.717) is 41.9 Å². The van der Waals surface area contributed by atoms with Crippen LogP contribution in [-0.2, 0) is 4.74 Å². The number of hydrogen-bond acceptors (Lipinski definition) is 6. The van der Waals surface area contributed by atoms with Crippen LogP contribution >= 0.6 is 11.6 Å². The van der Waals surface area contributed by atoms with Crippen molar-refractivity contribution in [2.45, 2.75) is 13.0 Å². The summed E-state index contributed by atoms with van der Waals surface area (Å²) in [4.78, 5) is 18.9. The summed E-state index contributed by atoms with van der Waals surface area (Å²) < 4.78 is 12.0. The van der Waals surface area contributed by atoms with Gasteiger partial charge in [0.05, 0.1) is 30.2 Å². The van der Waals surface area contributed by atoms with E-state index in [0.717, 1.165) is 5.69 Å². The van der Waals surface area contributed by atoms with Crippen LogP contribution in [0.25, 0.3) is 5.69 Å². The lowest BCUT2D eigenvalue weighted by molar-refractivity contribution is -0.00581. The van der Waals surface area contributed by atoms with Crippen LogP contribution in [0.4, 0.5) is 0 Å². The van der Waals surface area contributed by atoms with Crippen molar-refractivity contribution in [3.8, 4) is 5.69 Å². The van der Waals surface area contributed by atoms with Crippen molar-refractivity contribution >= 4 is 17.5 Å². The minimum atomic E-state index is -0.381. The van der Waals surface area contributed by atoms with Crippen LogP contribution < -0.4 is 0 Å². The van der Waals surface area contributed by atoms with Crippen molar-refractivity contribution in [2.24, 2.45) is 0 Å². The topological polar surface area (TPSA) is 86.3 Å². The highest BCUT2D eigenvalue weighted by Crippen LogP contribution is 2.25. The predicted molar refractivity (Wildman–Crippen MR) is 92.2 cm³/mol. The molecule has 1 amide bonds. The molecule has 0 saturated carbocycles. The second-order valence-electron chi connectivity index (χ2n) is 5.93. The number of amides is 1. The van der Waals surface area contributed by atoms with Crippen LogP contribution in [0, 0.1) is 6.92 Å². The van der Waals surface area contributed by atoms with Gasteiger partial charge in [0.25, 0.3) is 5.91 Å². The van der Waals surface area contributed by atoms with Gasteiger partial charge in [-0.05, 0) is 31.2 Å². The first-order valence-corrected chi connectivity index (χ1v) is 8.48. The molecule has 9 heteroatoms. The zero-order chi connectivity index (χ0) is 18.1. The molecule has 8 nitrogen and oxygen atoms in total. The monoisotopic (exact) mass is 373 g/mol. The highest BCUT2D eigenvalue weighted by atomic mass is 35.5. The fraction of sp³-hybridized carbons (Fsp3) is 0.294. The van der Waals surface area contributed by atoms with Crippen molar-refractivity contribution in [3.05, 3.63) is 59.0 Å². The SMILES string of the molecule is Cc1nn(-c2ccc(Cl)cc2)cc1C(=O)N1CCOC[C@H]1c1ncon1. The molecular weight excluding hydrogens is 358 g/mol. The molecule has 0 spiro atoms. The van der Waals surface area contributed by atoms with Gasteiger partial charge < -0.3 is 14.2 Å². The van der Waals surface area contributed by atoms with Crippen molar-refractivity contribution < 1.29 is 14.1 Å². The Hall–Kier alpha value is -2.71. The summed E-state index contributed by atoms with van der Waals surface area (Å²) in [7, 11) is 0. The van der Waals surface area contributed by atoms with Gasteiger partial charge in [-0.15, -0.1) is 0 Å². The van der Waals surface area contributed by atoms with Crippen molar-refractivity contribution in [3.63, 3.8) is 0 Å². The molecule has 0 bridgehead atoms. The van der Waals surface area contributed by atoms with Crippen LogP contribution in [0.2, 0.25) is 5.02 Å². The Labute approximate surface area is 154 Å². The number of rotatable bonds is 3. The molecular formula is C17H16ClN5O3. The fourth-order valence-corrected chi connectivity index (χ4v) is 3.06. The van der Waals surface area contributed by atoms with E-state index in [1.807, 2.05) is 19.1 Å². The number of halogens is 1. The minimum absolute atomic E-state index is 0.138. The molecule has 0 unspecified atom stereocenters. The molecule has 0 aliphatic carbocycles. The highest BCUT2D eigenvalue weighted by molar-refractivity contribution is 6.30. The molecule has 4 rings (SSSR count). The van der Waals surface area contributed by atoms with E-state index in [1.54, 1.807) is 27.9 Å². The van der Waals surface area contributed by atoms with Gasteiger partial charge in [0, 0.05) is 17.8 Å². The molecule has 134 valence electrons. The normalized spacial score (nSPS) is 17.5. The zero-order valence-electron chi connectivity index (χ0n) is 14.0. The average Bonchev–Trinajstić information content (AvgIpc) is 3.32. The van der Waals surface area contributed by atoms with Crippen molar-refractivity contribution in [2.75, 3.05) is 19.8 Å². The molecule has 1 fully saturated rings. The van der Waals surface area contributed by atoms with E-state index in [9.17, 15) is 4.79 Å². The van der Waals surface area contributed by atoms with E-state index in [2.05, 4.69) is 15.2 Å². The van der Waals surface area contributed by atoms with Crippen LogP contribution in [0.3, 0.4) is 0 Å². The summed E-state index contributed by atoms with van der Waals surface area (Å²) >= 11 is 5.93. The van der Waals surface area contributed by atoms with Gasteiger partial charge in [0.2, 0.25) is 6.39 Å². The predicted octanol–water partition coefficient (Wildman–Crippen LogP) is 2.43. The van der Waals surface area contributed by atoms with Crippen LogP contribution in [-0.4, -0.2) is 50.5 Å². The van der Waals surface area contributed by atoms with Gasteiger partial charge in [-0.25, -0.2) is 4.68 Å². The lowest BCUT2D eigenvalue weighted by atomic mass is 10.1. The summed E-state index contributed by atoms with van der Waals surface area (Å²) in [6, 6.07) is 6.88. The molecule has 0 radical (unpaired) electrons. The Morgan fingerprint density at radius 2 is 2.12 bits per heavy atom. The summed E-state index contributed by atoms with van der Waals surface area (Å²) in [6.07, 6.45) is 2.97. The van der Waals surface area contributed by atoms with Crippen molar-refractivity contribution in [1.29, 1.82) is 0 Å². The number of morpholine rings is 1. The summed E-state index contributed by atoms with van der Waals surface area (Å²) in [6.45, 7) is 3.05. The van der Waals surface area contributed by atoms with E-state index in [-0.39, 0.29) is 11.9 Å². The molecule has 3 aromatic rings. The molecule has 3 heterocycles. The number of aryl methyl sites for hydroxylation is 1. The Morgan fingerprint density at radius 1 is 1.31 bits per heavy atom.